The third kappa shape index (κ3) is 2.80. The first-order valence-electron chi connectivity index (χ1n) is 4.62. The molecule has 0 atom stereocenters. The van der Waals surface area contributed by atoms with Gasteiger partial charge in [-0.15, -0.1) is 0 Å². The van der Waals surface area contributed by atoms with E-state index in [1.807, 2.05) is 32.9 Å². The van der Waals surface area contributed by atoms with Crippen molar-refractivity contribution in [3.05, 3.63) is 41.2 Å². The number of aromatic nitrogens is 1. The lowest BCUT2D eigenvalue weighted by Gasteiger charge is -2.03. The van der Waals surface area contributed by atoms with Gasteiger partial charge in [-0.25, -0.2) is 0 Å². The summed E-state index contributed by atoms with van der Waals surface area (Å²) in [6.07, 6.45) is 0.420. The maximum absolute atomic E-state index is 11.7. The standard InChI is InChI=1S/C12H15NO/c1-8(2)5-12(14)11-6-9(3)13-10(4)7-11/h6-7H,1,5H2,2-4H3. The number of allylic oxidation sites excluding steroid dienone is 1. The number of pyridine rings is 1. The Kier molecular flexibility index (Phi) is 3.18. The van der Waals surface area contributed by atoms with Crippen molar-refractivity contribution >= 4 is 5.78 Å². The molecule has 14 heavy (non-hydrogen) atoms. The molecule has 0 spiro atoms. The van der Waals surface area contributed by atoms with E-state index in [2.05, 4.69) is 11.6 Å². The zero-order chi connectivity index (χ0) is 10.7. The van der Waals surface area contributed by atoms with Crippen LogP contribution in [0.15, 0.2) is 24.3 Å². The highest BCUT2D eigenvalue weighted by molar-refractivity contribution is 5.97. The fourth-order valence-corrected chi connectivity index (χ4v) is 1.37. The molecule has 0 bridgehead atoms. The van der Waals surface area contributed by atoms with Gasteiger partial charge >= 0.3 is 0 Å². The van der Waals surface area contributed by atoms with Crippen molar-refractivity contribution in [3.63, 3.8) is 0 Å². The summed E-state index contributed by atoms with van der Waals surface area (Å²) in [4.78, 5) is 15.9. The first-order chi connectivity index (χ1) is 6.49. The van der Waals surface area contributed by atoms with E-state index in [9.17, 15) is 4.79 Å². The normalized spacial score (nSPS) is 9.93. The Bertz CT molecular complexity index is 360. The fourth-order valence-electron chi connectivity index (χ4n) is 1.37. The number of nitrogens with zero attached hydrogens (tertiary/aromatic N) is 1. The Hall–Kier alpha value is -1.44. The molecular weight excluding hydrogens is 174 g/mol. The molecule has 0 aliphatic carbocycles. The Morgan fingerprint density at radius 3 is 2.29 bits per heavy atom. The highest BCUT2D eigenvalue weighted by Gasteiger charge is 2.07. The van der Waals surface area contributed by atoms with Gasteiger partial charge in [-0.2, -0.15) is 0 Å². The van der Waals surface area contributed by atoms with E-state index in [1.165, 1.54) is 0 Å². The van der Waals surface area contributed by atoms with E-state index in [0.29, 0.717) is 6.42 Å². The molecule has 1 heterocycles. The lowest BCUT2D eigenvalue weighted by molar-refractivity contribution is 0.0993. The monoisotopic (exact) mass is 189 g/mol. The van der Waals surface area contributed by atoms with Gasteiger partial charge in [0.2, 0.25) is 0 Å². The summed E-state index contributed by atoms with van der Waals surface area (Å²) in [7, 11) is 0. The first kappa shape index (κ1) is 10.6. The Morgan fingerprint density at radius 1 is 1.36 bits per heavy atom. The molecule has 0 amide bonds. The van der Waals surface area contributed by atoms with Crippen LogP contribution in [0.4, 0.5) is 0 Å². The maximum Gasteiger partial charge on any atom is 0.167 e. The Balaban J connectivity index is 2.95. The average Bonchev–Trinajstić information content (AvgIpc) is 2.00. The van der Waals surface area contributed by atoms with Crippen LogP contribution >= 0.6 is 0 Å². The van der Waals surface area contributed by atoms with Crippen molar-refractivity contribution in [2.24, 2.45) is 0 Å². The van der Waals surface area contributed by atoms with E-state index >= 15 is 0 Å². The van der Waals surface area contributed by atoms with Crippen LogP contribution in [0.2, 0.25) is 0 Å². The molecule has 0 aromatic carbocycles. The minimum atomic E-state index is 0.117. The van der Waals surface area contributed by atoms with Gasteiger partial charge in [0.1, 0.15) is 0 Å². The molecule has 0 saturated heterocycles. The molecule has 0 aliphatic rings. The quantitative estimate of drug-likeness (QED) is 0.540. The van der Waals surface area contributed by atoms with Crippen LogP contribution in [0.3, 0.4) is 0 Å². The lowest BCUT2D eigenvalue weighted by Crippen LogP contribution is -2.01. The van der Waals surface area contributed by atoms with Crippen LogP contribution < -0.4 is 0 Å². The minimum absolute atomic E-state index is 0.117. The van der Waals surface area contributed by atoms with Crippen molar-refractivity contribution in [1.82, 2.24) is 4.98 Å². The van der Waals surface area contributed by atoms with Gasteiger partial charge < -0.3 is 0 Å². The van der Waals surface area contributed by atoms with Crippen LogP contribution in [-0.4, -0.2) is 10.8 Å². The summed E-state index contributed by atoms with van der Waals surface area (Å²) in [6, 6.07) is 3.64. The predicted octanol–water partition coefficient (Wildman–Crippen LogP) is 2.85. The van der Waals surface area contributed by atoms with Gasteiger partial charge in [-0.1, -0.05) is 12.2 Å². The maximum atomic E-state index is 11.7. The van der Waals surface area contributed by atoms with Crippen molar-refractivity contribution in [1.29, 1.82) is 0 Å². The highest BCUT2D eigenvalue weighted by Crippen LogP contribution is 2.10. The molecule has 2 heteroatoms. The number of hydrogen-bond acceptors (Lipinski definition) is 2. The number of hydrogen-bond donors (Lipinski definition) is 0. The van der Waals surface area contributed by atoms with Crippen molar-refractivity contribution in [3.8, 4) is 0 Å². The summed E-state index contributed by atoms with van der Waals surface area (Å²) in [5, 5.41) is 0. The Morgan fingerprint density at radius 2 is 1.86 bits per heavy atom. The van der Waals surface area contributed by atoms with E-state index in [-0.39, 0.29) is 5.78 Å². The second-order valence-corrected chi connectivity index (χ2v) is 3.70. The van der Waals surface area contributed by atoms with E-state index in [0.717, 1.165) is 22.5 Å². The number of carbonyl (C=O) groups excluding carboxylic acids is 1. The number of ketones is 1. The average molecular weight is 189 g/mol. The van der Waals surface area contributed by atoms with Gasteiger partial charge in [-0.05, 0) is 32.9 Å². The molecule has 1 aromatic rings. The smallest absolute Gasteiger partial charge is 0.167 e. The summed E-state index contributed by atoms with van der Waals surface area (Å²) >= 11 is 0. The molecule has 2 nitrogen and oxygen atoms in total. The lowest BCUT2D eigenvalue weighted by atomic mass is 10.0. The zero-order valence-corrected chi connectivity index (χ0v) is 8.92. The molecule has 1 aromatic heterocycles. The van der Waals surface area contributed by atoms with Crippen LogP contribution in [0.1, 0.15) is 35.1 Å². The highest BCUT2D eigenvalue weighted by atomic mass is 16.1. The number of Topliss-reactive ketones (excluding diaryl/α,β-unsaturated/α-hetero) is 1. The van der Waals surface area contributed by atoms with Crippen molar-refractivity contribution in [2.45, 2.75) is 27.2 Å². The van der Waals surface area contributed by atoms with Crippen LogP contribution in [0.25, 0.3) is 0 Å². The van der Waals surface area contributed by atoms with Crippen LogP contribution in [0, 0.1) is 13.8 Å². The number of carbonyl (C=O) groups is 1. The molecule has 74 valence electrons. The first-order valence-corrected chi connectivity index (χ1v) is 4.62. The summed E-state index contributed by atoms with van der Waals surface area (Å²) in [5.74, 6) is 0.117. The molecule has 0 saturated carbocycles. The van der Waals surface area contributed by atoms with E-state index in [1.54, 1.807) is 0 Å². The second kappa shape index (κ2) is 4.18. The van der Waals surface area contributed by atoms with Gasteiger partial charge in [0.15, 0.2) is 5.78 Å². The van der Waals surface area contributed by atoms with Crippen molar-refractivity contribution in [2.75, 3.05) is 0 Å². The largest absolute Gasteiger partial charge is 0.294 e. The van der Waals surface area contributed by atoms with E-state index in [4.69, 9.17) is 0 Å². The molecular formula is C12H15NO. The van der Waals surface area contributed by atoms with Crippen molar-refractivity contribution < 1.29 is 4.79 Å². The van der Waals surface area contributed by atoms with Gasteiger partial charge in [0, 0.05) is 23.4 Å². The van der Waals surface area contributed by atoms with Crippen LogP contribution in [0.5, 0.6) is 0 Å². The third-order valence-electron chi connectivity index (χ3n) is 1.87. The number of aryl methyl sites for hydroxylation is 2. The van der Waals surface area contributed by atoms with Gasteiger partial charge in [0.05, 0.1) is 0 Å². The minimum Gasteiger partial charge on any atom is -0.294 e. The summed E-state index contributed by atoms with van der Waals surface area (Å²) < 4.78 is 0. The molecule has 0 radical (unpaired) electrons. The fraction of sp³-hybridized carbons (Fsp3) is 0.333. The molecule has 0 N–H and O–H groups in total. The SMILES string of the molecule is C=C(C)CC(=O)c1cc(C)nc(C)c1. The van der Waals surface area contributed by atoms with Gasteiger partial charge in [0.25, 0.3) is 0 Å². The zero-order valence-electron chi connectivity index (χ0n) is 8.92. The molecule has 0 fully saturated rings. The summed E-state index contributed by atoms with van der Waals surface area (Å²) in [6.45, 7) is 9.38. The van der Waals surface area contributed by atoms with Gasteiger partial charge in [-0.3, -0.25) is 9.78 Å². The second-order valence-electron chi connectivity index (χ2n) is 3.70. The number of rotatable bonds is 3. The van der Waals surface area contributed by atoms with E-state index < -0.39 is 0 Å². The summed E-state index contributed by atoms with van der Waals surface area (Å²) in [5.41, 5.74) is 3.39. The molecule has 1 rings (SSSR count). The van der Waals surface area contributed by atoms with Crippen LogP contribution in [-0.2, 0) is 0 Å². The molecule has 0 unspecified atom stereocenters. The predicted molar refractivity (Wildman–Crippen MR) is 57.5 cm³/mol. The topological polar surface area (TPSA) is 30.0 Å². The molecule has 0 aliphatic heterocycles. The third-order valence-corrected chi connectivity index (χ3v) is 1.87. The Labute approximate surface area is 84.7 Å².